The molecule has 0 aromatic carbocycles. The predicted molar refractivity (Wildman–Crippen MR) is 86.6 cm³/mol. The van der Waals surface area contributed by atoms with E-state index in [1.807, 2.05) is 5.32 Å². The van der Waals surface area contributed by atoms with Crippen LogP contribution in [0.4, 0.5) is 5.82 Å². The quantitative estimate of drug-likeness (QED) is 0.778. The van der Waals surface area contributed by atoms with E-state index in [1.165, 1.54) is 19.3 Å². The van der Waals surface area contributed by atoms with Crippen LogP contribution in [0.1, 0.15) is 44.1 Å². The zero-order chi connectivity index (χ0) is 16.0. The minimum absolute atomic E-state index is 0.236. The fourth-order valence-corrected chi connectivity index (χ4v) is 4.90. The molecule has 124 valence electrons. The van der Waals surface area contributed by atoms with Gasteiger partial charge in [0.15, 0.2) is 5.54 Å². The minimum atomic E-state index is -1.20. The first kappa shape index (κ1) is 15.2. The van der Waals surface area contributed by atoms with Crippen molar-refractivity contribution >= 4 is 22.5 Å². The maximum Gasteiger partial charge on any atom is 0.336 e. The predicted octanol–water partition coefficient (Wildman–Crippen LogP) is 0.142. The van der Waals surface area contributed by atoms with Crippen LogP contribution in [0.2, 0.25) is 0 Å². The number of carbonyl (C=O) groups is 1. The number of amides is 1. The number of quaternary nitrogens is 1. The molecule has 3 heterocycles. The lowest BCUT2D eigenvalue weighted by molar-refractivity contribution is -0.555. The highest BCUT2D eigenvalue weighted by Crippen LogP contribution is 2.44. The van der Waals surface area contributed by atoms with Crippen LogP contribution in [0.3, 0.4) is 0 Å². The summed E-state index contributed by atoms with van der Waals surface area (Å²) >= 11 is 0. The number of hydrogen-bond donors (Lipinski definition) is 1. The maximum absolute atomic E-state index is 12.7. The maximum atomic E-state index is 12.7. The number of nitrogens with zero attached hydrogens (tertiary/aromatic N) is 3. The summed E-state index contributed by atoms with van der Waals surface area (Å²) in [6.45, 7) is 0.843. The molecule has 7 heteroatoms. The molecule has 1 saturated carbocycles. The average Bonchev–Trinajstić information content (AvgIpc) is 3.08. The highest BCUT2D eigenvalue weighted by atomic mass is 32.2. The van der Waals surface area contributed by atoms with Gasteiger partial charge in [-0.25, -0.2) is 14.8 Å². The summed E-state index contributed by atoms with van der Waals surface area (Å²) in [6, 6.07) is 0.369. The molecule has 1 saturated heterocycles. The summed E-state index contributed by atoms with van der Waals surface area (Å²) in [5, 5.41) is 2.21. The highest BCUT2D eigenvalue weighted by molar-refractivity contribution is 7.84. The lowest BCUT2D eigenvalue weighted by Crippen LogP contribution is -2.88. The first-order chi connectivity index (χ1) is 11.1. The van der Waals surface area contributed by atoms with Crippen molar-refractivity contribution in [1.82, 2.24) is 9.97 Å². The van der Waals surface area contributed by atoms with Crippen molar-refractivity contribution in [3.05, 3.63) is 11.8 Å². The van der Waals surface area contributed by atoms with Gasteiger partial charge in [-0.05, 0) is 12.8 Å². The number of fused-ring (bicyclic) bond motifs is 1. The minimum Gasteiger partial charge on any atom is -0.335 e. The average molecular weight is 335 g/mol. The number of nitrogens with two attached hydrogens (primary N) is 1. The van der Waals surface area contributed by atoms with Crippen LogP contribution in [0.5, 0.6) is 0 Å². The van der Waals surface area contributed by atoms with Crippen molar-refractivity contribution in [3.63, 3.8) is 0 Å². The van der Waals surface area contributed by atoms with E-state index in [9.17, 15) is 9.00 Å². The third-order valence-corrected chi connectivity index (χ3v) is 6.25. The van der Waals surface area contributed by atoms with Gasteiger partial charge < -0.3 is 4.90 Å². The van der Waals surface area contributed by atoms with Gasteiger partial charge in [-0.2, -0.15) is 0 Å². The lowest BCUT2D eigenvalue weighted by Gasteiger charge is -2.40. The van der Waals surface area contributed by atoms with Gasteiger partial charge in [-0.3, -0.25) is 9.53 Å². The molecule has 1 aromatic rings. The Kier molecular flexibility index (Phi) is 3.72. The molecule has 23 heavy (non-hydrogen) atoms. The van der Waals surface area contributed by atoms with Crippen LogP contribution < -0.4 is 10.2 Å². The van der Waals surface area contributed by atoms with Crippen molar-refractivity contribution in [1.29, 1.82) is 0 Å². The fraction of sp³-hybridized carbons (Fsp3) is 0.688. The van der Waals surface area contributed by atoms with Crippen LogP contribution in [0.15, 0.2) is 11.4 Å². The van der Waals surface area contributed by atoms with Crippen molar-refractivity contribution in [2.45, 2.75) is 61.7 Å². The number of hydrogen-bond acceptors (Lipinski definition) is 5. The third-order valence-electron chi connectivity index (χ3n) is 5.54. The molecule has 1 aliphatic carbocycles. The van der Waals surface area contributed by atoms with Crippen molar-refractivity contribution in [2.75, 3.05) is 17.7 Å². The molecule has 2 N–H and O–H groups in total. The van der Waals surface area contributed by atoms with E-state index in [-0.39, 0.29) is 5.91 Å². The fourth-order valence-electron chi connectivity index (χ4n) is 4.49. The topological polar surface area (TPSA) is 79.8 Å². The molecule has 2 aliphatic heterocycles. The van der Waals surface area contributed by atoms with Gasteiger partial charge in [0.05, 0.1) is 17.3 Å². The standard InChI is InChI=1S/C16H22N4O2S/c1-23(22)15-18-10-11-9-16(7-8-17-14(16)21)20(13(11)19-15)12-5-3-2-4-6-12/h10,12H,2-9H2,1H3,(H,17,21)/p+1. The number of anilines is 1. The number of aromatic nitrogens is 2. The highest BCUT2D eigenvalue weighted by Gasteiger charge is 2.58. The first-order valence-corrected chi connectivity index (χ1v) is 10.0. The van der Waals surface area contributed by atoms with E-state index in [1.54, 1.807) is 12.5 Å². The van der Waals surface area contributed by atoms with Gasteiger partial charge in [-0.15, -0.1) is 0 Å². The smallest absolute Gasteiger partial charge is 0.335 e. The van der Waals surface area contributed by atoms with Gasteiger partial charge in [0, 0.05) is 36.9 Å². The second kappa shape index (κ2) is 5.63. The van der Waals surface area contributed by atoms with Gasteiger partial charge >= 0.3 is 5.91 Å². The Hall–Kier alpha value is -1.34. The Labute approximate surface area is 138 Å². The molecular formula is C16H23N4O2S+. The second-order valence-corrected chi connectivity index (χ2v) is 8.21. The third kappa shape index (κ3) is 2.32. The van der Waals surface area contributed by atoms with Crippen molar-refractivity contribution < 1.29 is 14.3 Å². The molecule has 2 fully saturated rings. The molecule has 3 aliphatic rings. The van der Waals surface area contributed by atoms with Crippen LogP contribution in [-0.4, -0.2) is 44.5 Å². The molecule has 1 spiro atoms. The lowest BCUT2D eigenvalue weighted by atomic mass is 9.87. The molecule has 2 unspecified atom stereocenters. The normalized spacial score (nSPS) is 29.3. The van der Waals surface area contributed by atoms with Crippen molar-refractivity contribution in [3.8, 4) is 0 Å². The molecule has 0 bridgehead atoms. The zero-order valence-corrected chi connectivity index (χ0v) is 14.3. The van der Waals surface area contributed by atoms with Crippen LogP contribution in [0, 0.1) is 0 Å². The van der Waals surface area contributed by atoms with Crippen LogP contribution in [0.25, 0.3) is 0 Å². The van der Waals surface area contributed by atoms with E-state index in [0.717, 1.165) is 37.2 Å². The molecule has 1 aromatic heterocycles. The van der Waals surface area contributed by atoms with Crippen molar-refractivity contribution in [2.24, 2.45) is 0 Å². The number of rotatable bonds is 2. The Morgan fingerprint density at radius 2 is 2.13 bits per heavy atom. The summed E-state index contributed by atoms with van der Waals surface area (Å²) in [6.07, 6.45) is 10.9. The second-order valence-electron chi connectivity index (χ2n) is 6.93. The Bertz CT molecular complexity index is 674. The number of primary amides is 1. The van der Waals surface area contributed by atoms with E-state index in [0.29, 0.717) is 17.6 Å². The first-order valence-electron chi connectivity index (χ1n) is 8.48. The van der Waals surface area contributed by atoms with Gasteiger partial charge in [0.2, 0.25) is 5.16 Å². The monoisotopic (exact) mass is 335 g/mol. The Morgan fingerprint density at radius 1 is 1.35 bits per heavy atom. The largest absolute Gasteiger partial charge is 0.336 e. The van der Waals surface area contributed by atoms with Gasteiger partial charge in [-0.1, -0.05) is 19.3 Å². The molecular weight excluding hydrogens is 312 g/mol. The van der Waals surface area contributed by atoms with Crippen LogP contribution >= 0.6 is 0 Å². The van der Waals surface area contributed by atoms with E-state index >= 15 is 0 Å². The Morgan fingerprint density at radius 3 is 2.78 bits per heavy atom. The summed E-state index contributed by atoms with van der Waals surface area (Å²) < 4.78 is 11.8. The molecule has 6 nitrogen and oxygen atoms in total. The van der Waals surface area contributed by atoms with E-state index in [2.05, 4.69) is 14.9 Å². The number of carbonyl (C=O) groups excluding carboxylic acids is 1. The zero-order valence-electron chi connectivity index (χ0n) is 13.5. The Balaban J connectivity index is 1.81. The summed E-state index contributed by atoms with van der Waals surface area (Å²) in [4.78, 5) is 23.9. The van der Waals surface area contributed by atoms with E-state index in [4.69, 9.17) is 0 Å². The molecule has 0 radical (unpaired) electrons. The summed E-state index contributed by atoms with van der Waals surface area (Å²) in [5.74, 6) is 1.10. The van der Waals surface area contributed by atoms with E-state index < -0.39 is 16.3 Å². The van der Waals surface area contributed by atoms with Gasteiger partial charge in [0.25, 0.3) is 0 Å². The SMILES string of the molecule is CS(=O)c1ncc2c(n1)N(C1CCCCC1)C1(CC[NH2+]C1=O)C2. The molecule has 2 atom stereocenters. The summed E-state index contributed by atoms with van der Waals surface area (Å²) in [7, 11) is -1.20. The molecule has 1 amide bonds. The summed E-state index contributed by atoms with van der Waals surface area (Å²) in [5.41, 5.74) is 0.584. The molecule has 4 rings (SSSR count). The van der Waals surface area contributed by atoms with Gasteiger partial charge in [0.1, 0.15) is 5.82 Å². The van der Waals surface area contributed by atoms with Crippen LogP contribution in [-0.2, 0) is 22.0 Å².